The van der Waals surface area contributed by atoms with Crippen LogP contribution in [0.3, 0.4) is 0 Å². The van der Waals surface area contributed by atoms with Gasteiger partial charge in [0.2, 0.25) is 5.91 Å². The van der Waals surface area contributed by atoms with Crippen LogP contribution >= 0.6 is 0 Å². The first-order chi connectivity index (χ1) is 14.2. The third-order valence-electron chi connectivity index (χ3n) is 5.67. The van der Waals surface area contributed by atoms with Crippen molar-refractivity contribution in [3.05, 3.63) is 89.7 Å². The third kappa shape index (κ3) is 4.57. The SMILES string of the molecule is Cc1ccc(C(CNC(=O)C(c2ccccc2)n2cccn2)N2CCCC2)cc1. The number of rotatable bonds is 7. The van der Waals surface area contributed by atoms with E-state index in [0.717, 1.165) is 18.7 Å². The number of aromatic nitrogens is 2. The first-order valence-electron chi connectivity index (χ1n) is 10.3. The second kappa shape index (κ2) is 9.05. The van der Waals surface area contributed by atoms with Crippen molar-refractivity contribution < 1.29 is 4.79 Å². The molecule has 0 aliphatic carbocycles. The van der Waals surface area contributed by atoms with Crippen molar-refractivity contribution in [3.8, 4) is 0 Å². The maximum atomic E-state index is 13.3. The van der Waals surface area contributed by atoms with Crippen molar-refractivity contribution in [1.29, 1.82) is 0 Å². The van der Waals surface area contributed by atoms with Gasteiger partial charge in [0.25, 0.3) is 0 Å². The van der Waals surface area contributed by atoms with E-state index in [1.165, 1.54) is 24.0 Å². The average Bonchev–Trinajstić information content (AvgIpc) is 3.45. The Morgan fingerprint density at radius 2 is 1.72 bits per heavy atom. The van der Waals surface area contributed by atoms with Gasteiger partial charge in [0.15, 0.2) is 6.04 Å². The highest BCUT2D eigenvalue weighted by Crippen LogP contribution is 2.25. The fourth-order valence-corrected chi connectivity index (χ4v) is 4.09. The van der Waals surface area contributed by atoms with E-state index in [1.807, 2.05) is 42.6 Å². The molecule has 5 heteroatoms. The Morgan fingerprint density at radius 3 is 2.38 bits per heavy atom. The zero-order valence-electron chi connectivity index (χ0n) is 16.9. The average molecular weight is 389 g/mol. The van der Waals surface area contributed by atoms with Crippen LogP contribution in [-0.4, -0.2) is 40.2 Å². The van der Waals surface area contributed by atoms with Crippen LogP contribution in [0.4, 0.5) is 0 Å². The van der Waals surface area contributed by atoms with Crippen LogP contribution in [0.25, 0.3) is 0 Å². The summed E-state index contributed by atoms with van der Waals surface area (Å²) in [5.41, 5.74) is 3.44. The third-order valence-corrected chi connectivity index (χ3v) is 5.67. The fraction of sp³-hybridized carbons (Fsp3) is 0.333. The van der Waals surface area contributed by atoms with Crippen LogP contribution in [0.5, 0.6) is 0 Å². The van der Waals surface area contributed by atoms with Gasteiger partial charge in [-0.05, 0) is 50.0 Å². The summed E-state index contributed by atoms with van der Waals surface area (Å²) in [5.74, 6) is -0.0313. The first kappa shape index (κ1) is 19.4. The molecule has 1 aromatic heterocycles. The number of carbonyl (C=O) groups is 1. The standard InChI is InChI=1S/C24H28N4O/c1-19-10-12-20(13-11-19)22(27-15-5-6-16-27)18-25-24(29)23(28-17-7-14-26-28)21-8-3-2-4-9-21/h2-4,7-14,17,22-23H,5-6,15-16,18H2,1H3,(H,25,29). The summed E-state index contributed by atoms with van der Waals surface area (Å²) >= 11 is 0. The maximum absolute atomic E-state index is 13.3. The van der Waals surface area contributed by atoms with E-state index in [0.29, 0.717) is 6.54 Å². The van der Waals surface area contributed by atoms with Crippen molar-refractivity contribution in [2.75, 3.05) is 19.6 Å². The molecule has 2 aromatic carbocycles. The molecule has 0 bridgehead atoms. The number of hydrogen-bond donors (Lipinski definition) is 1. The number of amides is 1. The summed E-state index contributed by atoms with van der Waals surface area (Å²) in [6.07, 6.45) is 5.99. The van der Waals surface area contributed by atoms with Gasteiger partial charge in [0, 0.05) is 18.9 Å². The predicted molar refractivity (Wildman–Crippen MR) is 115 cm³/mol. The fourth-order valence-electron chi connectivity index (χ4n) is 4.09. The highest BCUT2D eigenvalue weighted by atomic mass is 16.2. The van der Waals surface area contributed by atoms with Gasteiger partial charge < -0.3 is 5.32 Å². The molecule has 1 aliphatic rings. The molecule has 0 radical (unpaired) electrons. The largest absolute Gasteiger partial charge is 0.352 e. The Morgan fingerprint density at radius 1 is 1.00 bits per heavy atom. The van der Waals surface area contributed by atoms with Crippen molar-refractivity contribution >= 4 is 5.91 Å². The van der Waals surface area contributed by atoms with Gasteiger partial charge in [0.05, 0.1) is 6.04 Å². The highest BCUT2D eigenvalue weighted by Gasteiger charge is 2.27. The Hall–Kier alpha value is -2.92. The molecular weight excluding hydrogens is 360 g/mol. The van der Waals surface area contributed by atoms with Gasteiger partial charge in [-0.15, -0.1) is 0 Å². The Bertz CT molecular complexity index is 900. The Kier molecular flexibility index (Phi) is 6.06. The topological polar surface area (TPSA) is 50.2 Å². The van der Waals surface area contributed by atoms with E-state index < -0.39 is 6.04 Å². The van der Waals surface area contributed by atoms with Crippen LogP contribution in [-0.2, 0) is 4.79 Å². The quantitative estimate of drug-likeness (QED) is 0.671. The molecule has 4 rings (SSSR count). The Balaban J connectivity index is 1.53. The molecule has 1 aliphatic heterocycles. The van der Waals surface area contributed by atoms with E-state index in [9.17, 15) is 4.79 Å². The lowest BCUT2D eigenvalue weighted by molar-refractivity contribution is -0.123. The number of likely N-dealkylation sites (tertiary alicyclic amines) is 1. The van der Waals surface area contributed by atoms with Crippen LogP contribution < -0.4 is 5.32 Å². The van der Waals surface area contributed by atoms with Gasteiger partial charge in [-0.1, -0.05) is 60.2 Å². The molecule has 0 spiro atoms. The van der Waals surface area contributed by atoms with Crippen molar-refractivity contribution in [1.82, 2.24) is 20.0 Å². The molecule has 29 heavy (non-hydrogen) atoms. The van der Waals surface area contributed by atoms with E-state index in [1.54, 1.807) is 10.9 Å². The van der Waals surface area contributed by atoms with E-state index in [4.69, 9.17) is 0 Å². The lowest BCUT2D eigenvalue weighted by atomic mass is 10.0. The number of nitrogens with zero attached hydrogens (tertiary/aromatic N) is 3. The molecular formula is C24H28N4O. The summed E-state index contributed by atoms with van der Waals surface area (Å²) < 4.78 is 1.72. The first-order valence-corrected chi connectivity index (χ1v) is 10.3. The van der Waals surface area contributed by atoms with Gasteiger partial charge in [-0.3, -0.25) is 14.4 Å². The normalized spacial score (nSPS) is 16.4. The van der Waals surface area contributed by atoms with E-state index in [-0.39, 0.29) is 11.9 Å². The van der Waals surface area contributed by atoms with Gasteiger partial charge >= 0.3 is 0 Å². The smallest absolute Gasteiger partial charge is 0.249 e. The Labute approximate surface area is 172 Å². The molecule has 1 saturated heterocycles. The molecule has 150 valence electrons. The second-order valence-electron chi connectivity index (χ2n) is 7.71. The molecule has 3 aromatic rings. The summed E-state index contributed by atoms with van der Waals surface area (Å²) in [4.78, 5) is 15.7. The number of nitrogens with one attached hydrogen (secondary N) is 1. The molecule has 2 unspecified atom stereocenters. The number of aryl methyl sites for hydroxylation is 1. The minimum absolute atomic E-state index is 0.0313. The summed E-state index contributed by atoms with van der Waals surface area (Å²) in [6, 6.07) is 20.1. The maximum Gasteiger partial charge on any atom is 0.249 e. The summed E-state index contributed by atoms with van der Waals surface area (Å²) in [6.45, 7) is 4.85. The molecule has 1 amide bonds. The van der Waals surface area contributed by atoms with Crippen molar-refractivity contribution in [2.24, 2.45) is 0 Å². The van der Waals surface area contributed by atoms with Crippen LogP contribution in [0.2, 0.25) is 0 Å². The molecule has 0 saturated carbocycles. The zero-order valence-corrected chi connectivity index (χ0v) is 16.9. The molecule has 1 fully saturated rings. The molecule has 2 heterocycles. The minimum Gasteiger partial charge on any atom is -0.352 e. The predicted octanol–water partition coefficient (Wildman–Crippen LogP) is 3.73. The van der Waals surface area contributed by atoms with E-state index in [2.05, 4.69) is 46.5 Å². The van der Waals surface area contributed by atoms with Crippen molar-refractivity contribution in [3.63, 3.8) is 0 Å². The van der Waals surface area contributed by atoms with Gasteiger partial charge in [-0.25, -0.2) is 0 Å². The monoisotopic (exact) mass is 388 g/mol. The number of hydrogen-bond acceptors (Lipinski definition) is 3. The minimum atomic E-state index is -0.469. The van der Waals surface area contributed by atoms with Gasteiger partial charge in [-0.2, -0.15) is 5.10 Å². The lowest BCUT2D eigenvalue weighted by Gasteiger charge is -2.29. The number of benzene rings is 2. The zero-order chi connectivity index (χ0) is 20.1. The number of carbonyl (C=O) groups excluding carboxylic acids is 1. The molecule has 5 nitrogen and oxygen atoms in total. The van der Waals surface area contributed by atoms with Crippen molar-refractivity contribution in [2.45, 2.75) is 31.8 Å². The van der Waals surface area contributed by atoms with Crippen LogP contribution in [0.15, 0.2) is 73.1 Å². The van der Waals surface area contributed by atoms with Gasteiger partial charge in [0.1, 0.15) is 0 Å². The lowest BCUT2D eigenvalue weighted by Crippen LogP contribution is -2.40. The molecule has 1 N–H and O–H groups in total. The highest BCUT2D eigenvalue weighted by molar-refractivity contribution is 5.83. The van der Waals surface area contributed by atoms with Crippen LogP contribution in [0, 0.1) is 6.92 Å². The summed E-state index contributed by atoms with van der Waals surface area (Å²) in [7, 11) is 0. The molecule has 2 atom stereocenters. The second-order valence-corrected chi connectivity index (χ2v) is 7.71. The van der Waals surface area contributed by atoms with E-state index >= 15 is 0 Å². The summed E-state index contributed by atoms with van der Waals surface area (Å²) in [5, 5.41) is 7.55. The van der Waals surface area contributed by atoms with Crippen LogP contribution in [0.1, 0.15) is 41.6 Å².